The Morgan fingerprint density at radius 3 is 1.08 bits per heavy atom. The summed E-state index contributed by atoms with van der Waals surface area (Å²) in [5, 5.41) is 9.83. The minimum absolute atomic E-state index is 0.138. The molecule has 0 aromatic carbocycles. The first-order chi connectivity index (χ1) is 36.2. The fourth-order valence-corrected chi connectivity index (χ4v) is 8.68. The van der Waals surface area contributed by atoms with E-state index in [9.17, 15) is 28.9 Å². The summed E-state index contributed by atoms with van der Waals surface area (Å²) in [7, 11) is -4.76. The summed E-state index contributed by atoms with van der Waals surface area (Å²) in [6, 6.07) is 0. The van der Waals surface area contributed by atoms with E-state index < -0.39 is 57.8 Å². The molecule has 426 valence electrons. The minimum Gasteiger partial charge on any atom is -0.462 e. The Bertz CT molecular complexity index is 1560. The summed E-state index contributed by atoms with van der Waals surface area (Å²) < 4.78 is 39.5. The first kappa shape index (κ1) is 70.7. The van der Waals surface area contributed by atoms with Crippen molar-refractivity contribution < 1.29 is 52.2 Å². The highest BCUT2D eigenvalue weighted by atomic mass is 31.2. The monoisotopic (exact) mass is 1060 g/mol. The summed E-state index contributed by atoms with van der Waals surface area (Å²) >= 11 is 0. The molecule has 0 saturated carbocycles. The highest BCUT2D eigenvalue weighted by Gasteiger charge is 2.28. The molecule has 0 aromatic heterocycles. The number of rotatable bonds is 54. The normalized spacial score (nSPS) is 14.0. The number of allylic oxidation sites excluding steroid dienone is 14. The second-order valence-electron chi connectivity index (χ2n) is 19.4. The van der Waals surface area contributed by atoms with Gasteiger partial charge in [-0.15, -0.1) is 0 Å². The maximum atomic E-state index is 12.9. The Balaban J connectivity index is 4.73. The predicted octanol–water partition coefficient (Wildman–Crippen LogP) is 17.5. The van der Waals surface area contributed by atoms with Gasteiger partial charge in [-0.1, -0.05) is 228 Å². The SMILES string of the molecule is CC/C=C\C/C=C\C/C=C\C/C=C\CCCCCCC(=O)OC(COC(=O)CCCCCCCCCCCCCCC)COP(=O)(O)OCC(CO)OC(=O)CCCCCCCCC/C=C\C/C=C\C/C=C\CC. The Labute approximate surface area is 451 Å². The molecule has 0 saturated heterocycles. The van der Waals surface area contributed by atoms with Crippen LogP contribution in [0.1, 0.15) is 252 Å². The molecule has 12 heteroatoms. The average Bonchev–Trinajstić information content (AvgIpc) is 3.39. The van der Waals surface area contributed by atoms with Crippen molar-refractivity contribution in [3.05, 3.63) is 85.1 Å². The lowest BCUT2D eigenvalue weighted by Gasteiger charge is -2.21. The number of phosphoric acid groups is 1. The molecule has 0 radical (unpaired) electrons. The van der Waals surface area contributed by atoms with E-state index in [1.165, 1.54) is 70.6 Å². The molecule has 0 fully saturated rings. The van der Waals surface area contributed by atoms with E-state index in [-0.39, 0.29) is 25.9 Å². The minimum atomic E-state index is -4.76. The van der Waals surface area contributed by atoms with E-state index in [1.54, 1.807) is 0 Å². The van der Waals surface area contributed by atoms with Gasteiger partial charge in [-0.2, -0.15) is 0 Å². The molecule has 0 rings (SSSR count). The Morgan fingerprint density at radius 2 is 0.703 bits per heavy atom. The third-order valence-electron chi connectivity index (χ3n) is 12.3. The van der Waals surface area contributed by atoms with Crippen molar-refractivity contribution in [1.82, 2.24) is 0 Å². The summed E-state index contributed by atoms with van der Waals surface area (Å²) in [5.74, 6) is -1.50. The van der Waals surface area contributed by atoms with Crippen LogP contribution in [0.5, 0.6) is 0 Å². The van der Waals surface area contributed by atoms with E-state index >= 15 is 0 Å². The molecule has 0 amide bonds. The number of ether oxygens (including phenoxy) is 3. The van der Waals surface area contributed by atoms with Gasteiger partial charge in [-0.25, -0.2) is 4.57 Å². The van der Waals surface area contributed by atoms with Gasteiger partial charge in [-0.05, 0) is 89.9 Å². The number of aliphatic hydroxyl groups excluding tert-OH is 1. The summed E-state index contributed by atoms with van der Waals surface area (Å²) in [6.07, 6.45) is 63.9. The number of carbonyl (C=O) groups excluding carboxylic acids is 3. The number of hydrogen-bond donors (Lipinski definition) is 2. The number of carbonyl (C=O) groups is 3. The number of unbranched alkanes of at least 4 members (excludes halogenated alkanes) is 23. The van der Waals surface area contributed by atoms with Crippen LogP contribution in [0.2, 0.25) is 0 Å². The molecule has 0 aliphatic rings. The standard InChI is InChI=1S/C62H107O11P/c1-4-7-10-13-16-19-22-25-27-29-31-34-37-40-43-46-49-52-61(65)72-58(54-63)56-70-74(67,68)71-57-59(55-69-60(64)51-48-45-42-39-36-33-24-21-18-15-12-9-6-3)73-62(66)53-50-47-44-41-38-35-32-30-28-26-23-20-17-14-11-8-5-2/h7-8,10-11,16-17,19-20,25-28,32,35,58-59,63H,4-6,9,12-15,18,21-24,29-31,33-34,36-57H2,1-3H3,(H,67,68)/b10-7-,11-8-,19-16-,20-17-,27-25-,28-26-,35-32-. The van der Waals surface area contributed by atoms with Crippen LogP contribution in [-0.4, -0.2) is 66.5 Å². The van der Waals surface area contributed by atoms with Gasteiger partial charge in [-0.3, -0.25) is 23.4 Å². The largest absolute Gasteiger partial charge is 0.472 e. The van der Waals surface area contributed by atoms with E-state index in [0.717, 1.165) is 122 Å². The fraction of sp³-hybridized carbons (Fsp3) is 0.726. The van der Waals surface area contributed by atoms with Crippen molar-refractivity contribution in [2.75, 3.05) is 26.4 Å². The fourth-order valence-electron chi connectivity index (χ4n) is 7.89. The van der Waals surface area contributed by atoms with Gasteiger partial charge >= 0.3 is 25.7 Å². The lowest BCUT2D eigenvalue weighted by molar-refractivity contribution is -0.161. The molecular weight excluding hydrogens is 952 g/mol. The van der Waals surface area contributed by atoms with Gasteiger partial charge in [0.2, 0.25) is 0 Å². The predicted molar refractivity (Wildman–Crippen MR) is 307 cm³/mol. The lowest BCUT2D eigenvalue weighted by Crippen LogP contribution is -2.30. The molecule has 0 aliphatic heterocycles. The first-order valence-electron chi connectivity index (χ1n) is 29.5. The number of hydrogen-bond acceptors (Lipinski definition) is 10. The highest BCUT2D eigenvalue weighted by molar-refractivity contribution is 7.47. The van der Waals surface area contributed by atoms with Crippen LogP contribution in [-0.2, 0) is 42.2 Å². The number of aliphatic hydroxyl groups is 1. The zero-order valence-electron chi connectivity index (χ0n) is 47.0. The molecule has 0 bridgehead atoms. The molecule has 2 N–H and O–H groups in total. The molecular formula is C62H107O11P. The van der Waals surface area contributed by atoms with Crippen molar-refractivity contribution in [2.45, 2.75) is 264 Å². The summed E-state index contributed by atoms with van der Waals surface area (Å²) in [5.41, 5.74) is 0. The topological polar surface area (TPSA) is 155 Å². The van der Waals surface area contributed by atoms with Crippen LogP contribution in [0.4, 0.5) is 0 Å². The maximum absolute atomic E-state index is 12.9. The van der Waals surface area contributed by atoms with Crippen LogP contribution >= 0.6 is 7.82 Å². The lowest BCUT2D eigenvalue weighted by atomic mass is 10.0. The molecule has 3 unspecified atom stereocenters. The Morgan fingerprint density at radius 1 is 0.392 bits per heavy atom. The number of esters is 3. The molecule has 11 nitrogen and oxygen atoms in total. The molecule has 0 spiro atoms. The van der Waals surface area contributed by atoms with Gasteiger partial charge in [0.05, 0.1) is 19.8 Å². The molecule has 0 aliphatic carbocycles. The van der Waals surface area contributed by atoms with Crippen molar-refractivity contribution in [3.8, 4) is 0 Å². The zero-order chi connectivity index (χ0) is 54.1. The van der Waals surface area contributed by atoms with Gasteiger partial charge < -0.3 is 24.2 Å². The van der Waals surface area contributed by atoms with E-state index in [2.05, 4.69) is 106 Å². The first-order valence-corrected chi connectivity index (χ1v) is 31.0. The smallest absolute Gasteiger partial charge is 0.462 e. The van der Waals surface area contributed by atoms with Crippen molar-refractivity contribution in [3.63, 3.8) is 0 Å². The molecule has 74 heavy (non-hydrogen) atoms. The van der Waals surface area contributed by atoms with Crippen LogP contribution in [0, 0.1) is 0 Å². The average molecular weight is 1060 g/mol. The van der Waals surface area contributed by atoms with Crippen LogP contribution in [0.25, 0.3) is 0 Å². The second kappa shape index (κ2) is 55.9. The molecule has 0 aromatic rings. The van der Waals surface area contributed by atoms with Gasteiger partial charge in [0.1, 0.15) is 12.7 Å². The van der Waals surface area contributed by atoms with Crippen molar-refractivity contribution >= 4 is 25.7 Å². The Kier molecular flexibility index (Phi) is 53.4. The zero-order valence-corrected chi connectivity index (χ0v) is 47.9. The quantitative estimate of drug-likeness (QED) is 0.0197. The second-order valence-corrected chi connectivity index (χ2v) is 20.9. The van der Waals surface area contributed by atoms with Gasteiger partial charge in [0.15, 0.2) is 6.10 Å². The third-order valence-corrected chi connectivity index (χ3v) is 13.3. The van der Waals surface area contributed by atoms with E-state index in [1.807, 2.05) is 0 Å². The van der Waals surface area contributed by atoms with E-state index in [4.69, 9.17) is 23.3 Å². The third kappa shape index (κ3) is 53.5. The summed E-state index contributed by atoms with van der Waals surface area (Å²) in [6.45, 7) is 4.40. The van der Waals surface area contributed by atoms with Crippen molar-refractivity contribution in [1.29, 1.82) is 0 Å². The maximum Gasteiger partial charge on any atom is 0.472 e. The van der Waals surface area contributed by atoms with Crippen molar-refractivity contribution in [2.24, 2.45) is 0 Å². The van der Waals surface area contributed by atoms with Gasteiger partial charge in [0.25, 0.3) is 0 Å². The van der Waals surface area contributed by atoms with Crippen LogP contribution in [0.3, 0.4) is 0 Å². The van der Waals surface area contributed by atoms with E-state index in [0.29, 0.717) is 19.3 Å². The van der Waals surface area contributed by atoms with Crippen LogP contribution in [0.15, 0.2) is 85.1 Å². The van der Waals surface area contributed by atoms with Crippen LogP contribution < -0.4 is 0 Å². The van der Waals surface area contributed by atoms with Gasteiger partial charge in [0, 0.05) is 19.3 Å². The molecule has 0 heterocycles. The highest BCUT2D eigenvalue weighted by Crippen LogP contribution is 2.43. The molecule has 3 atom stereocenters. The number of phosphoric ester groups is 1. The Hall–Kier alpha value is -3.34. The summed E-state index contributed by atoms with van der Waals surface area (Å²) in [4.78, 5) is 48.6.